The van der Waals surface area contributed by atoms with Crippen LogP contribution in [0.5, 0.6) is 0 Å². The number of benzene rings is 1. The average molecular weight is 523 g/mol. The highest BCUT2D eigenvalue weighted by Crippen LogP contribution is 2.39. The molecule has 0 aliphatic carbocycles. The molecule has 3 aromatic rings. The molecule has 0 unspecified atom stereocenters. The van der Waals surface area contributed by atoms with E-state index in [-0.39, 0.29) is 23.6 Å². The maximum absolute atomic E-state index is 14.5. The molecule has 3 heterocycles. The molecule has 38 heavy (non-hydrogen) atoms. The molecule has 204 valence electrons. The summed E-state index contributed by atoms with van der Waals surface area (Å²) in [6.45, 7) is 13.3. The van der Waals surface area contributed by atoms with Gasteiger partial charge in [-0.2, -0.15) is 0 Å². The van der Waals surface area contributed by atoms with Crippen LogP contribution in [-0.4, -0.2) is 68.2 Å². The number of β-amino-alcohol motifs (C(OH)–C–C–N with tert-alkyl or cyclic N) is 1. The van der Waals surface area contributed by atoms with Gasteiger partial charge in [-0.15, -0.1) is 0 Å². The van der Waals surface area contributed by atoms with Crippen LogP contribution in [0.15, 0.2) is 36.7 Å². The number of aliphatic hydroxyl groups is 1. The second-order valence-electron chi connectivity index (χ2n) is 11.1. The summed E-state index contributed by atoms with van der Waals surface area (Å²) in [6, 6.07) is 6.39. The Morgan fingerprint density at radius 3 is 2.53 bits per heavy atom. The molecule has 1 amide bonds. The minimum Gasteiger partial charge on any atom is -0.382 e. The lowest BCUT2D eigenvalue weighted by Crippen LogP contribution is -2.63. The van der Waals surface area contributed by atoms with Crippen molar-refractivity contribution in [2.24, 2.45) is 5.92 Å². The first kappa shape index (κ1) is 27.9. The maximum Gasteiger partial charge on any atom is 0.254 e. The minimum absolute atomic E-state index is 0.0398. The molecular weight excluding hydrogens is 483 g/mol. The fraction of sp³-hybridized carbons (Fsp3) is 0.500. The summed E-state index contributed by atoms with van der Waals surface area (Å²) >= 11 is 0. The number of hydrogen-bond acceptors (Lipinski definition) is 5. The third-order valence-electron chi connectivity index (χ3n) is 7.84. The Morgan fingerprint density at radius 2 is 1.92 bits per heavy atom. The number of fused-ring (bicyclic) bond motifs is 1. The van der Waals surface area contributed by atoms with Crippen molar-refractivity contribution in [2.75, 3.05) is 19.6 Å². The molecule has 1 aliphatic heterocycles. The average Bonchev–Trinajstić information content (AvgIpc) is 3.23. The highest BCUT2D eigenvalue weighted by Gasteiger charge is 2.46. The molecule has 1 atom stereocenters. The van der Waals surface area contributed by atoms with Gasteiger partial charge in [-0.3, -0.25) is 9.69 Å². The van der Waals surface area contributed by atoms with E-state index in [1.807, 2.05) is 44.4 Å². The summed E-state index contributed by atoms with van der Waals surface area (Å²) in [6.07, 6.45) is 5.86. The van der Waals surface area contributed by atoms with Crippen molar-refractivity contribution >= 4 is 17.7 Å². The van der Waals surface area contributed by atoms with Crippen LogP contribution in [0.25, 0.3) is 16.6 Å². The van der Waals surface area contributed by atoms with Gasteiger partial charge in [0.25, 0.3) is 5.91 Å². The quantitative estimate of drug-likeness (QED) is 0.386. The number of nitrogens with zero attached hydrogens (tertiary/aromatic N) is 4. The number of carbonyl (C=O) groups excluding carboxylic acids is 2. The van der Waals surface area contributed by atoms with Crippen molar-refractivity contribution in [1.29, 1.82) is 0 Å². The monoisotopic (exact) mass is 522 g/mol. The molecule has 4 rings (SSSR count). The topological polar surface area (TPSA) is 78.2 Å². The van der Waals surface area contributed by atoms with E-state index >= 15 is 0 Å². The third kappa shape index (κ3) is 5.12. The van der Waals surface area contributed by atoms with Crippen molar-refractivity contribution in [1.82, 2.24) is 19.2 Å². The lowest BCUT2D eigenvalue weighted by atomic mass is 9.82. The van der Waals surface area contributed by atoms with Gasteiger partial charge in [0.2, 0.25) is 0 Å². The zero-order chi connectivity index (χ0) is 27.8. The lowest BCUT2D eigenvalue weighted by Gasteiger charge is -2.51. The summed E-state index contributed by atoms with van der Waals surface area (Å²) < 4.78 is 16.4. The van der Waals surface area contributed by atoms with Gasteiger partial charge < -0.3 is 19.2 Å². The molecule has 0 saturated carbocycles. The molecule has 1 saturated heterocycles. The van der Waals surface area contributed by atoms with Crippen LogP contribution >= 0.6 is 0 Å². The number of carbonyl (C=O) groups is 2. The van der Waals surface area contributed by atoms with Gasteiger partial charge in [-0.25, -0.2) is 9.37 Å². The van der Waals surface area contributed by atoms with Crippen LogP contribution in [0.4, 0.5) is 4.39 Å². The van der Waals surface area contributed by atoms with E-state index in [0.717, 1.165) is 29.6 Å². The number of amides is 1. The summed E-state index contributed by atoms with van der Waals surface area (Å²) in [7, 11) is 0. The Morgan fingerprint density at radius 1 is 1.21 bits per heavy atom. The normalized spacial score (nSPS) is 16.2. The van der Waals surface area contributed by atoms with Crippen molar-refractivity contribution in [2.45, 2.75) is 72.1 Å². The molecule has 1 N–H and O–H groups in total. The number of pyridine rings is 1. The zero-order valence-corrected chi connectivity index (χ0v) is 23.2. The molecule has 7 nitrogen and oxygen atoms in total. The number of hydrogen-bond donors (Lipinski definition) is 1. The van der Waals surface area contributed by atoms with Gasteiger partial charge >= 0.3 is 0 Å². The number of aldehydes is 1. The molecule has 1 fully saturated rings. The highest BCUT2D eigenvalue weighted by molar-refractivity contribution is 6.03. The number of rotatable bonds is 10. The van der Waals surface area contributed by atoms with Crippen LogP contribution in [0, 0.1) is 18.7 Å². The standard InChI is InChI=1S/C30H39FN4O3/c1-7-34(20(4)5)29(37)26-14-23(31)10-11-24(26)25-13-22(16-35-21(6)32-15-28(25)35)30(38)17-33(18-30)27(19(2)3)9-8-12-36/h10-16,19-20,27,38H,7-9,17-18H2,1-6H3/t27-/m1/s1. The second kappa shape index (κ2) is 10.9. The Balaban J connectivity index is 1.80. The molecule has 0 bridgehead atoms. The molecule has 1 aliphatic rings. The van der Waals surface area contributed by atoms with Gasteiger partial charge in [0, 0.05) is 55.5 Å². The predicted octanol–water partition coefficient (Wildman–Crippen LogP) is 4.83. The first-order valence-corrected chi connectivity index (χ1v) is 13.5. The Labute approximate surface area is 224 Å². The first-order valence-electron chi connectivity index (χ1n) is 13.5. The van der Waals surface area contributed by atoms with Crippen LogP contribution in [-0.2, 0) is 10.4 Å². The molecule has 1 aromatic carbocycles. The molecule has 0 radical (unpaired) electrons. The van der Waals surface area contributed by atoms with Gasteiger partial charge in [-0.05, 0) is 63.8 Å². The van der Waals surface area contributed by atoms with E-state index in [9.17, 15) is 19.1 Å². The number of likely N-dealkylation sites (tertiary alicyclic amines) is 1. The maximum atomic E-state index is 14.5. The highest BCUT2D eigenvalue weighted by atomic mass is 19.1. The van der Waals surface area contributed by atoms with E-state index in [0.29, 0.717) is 43.1 Å². The van der Waals surface area contributed by atoms with E-state index in [4.69, 9.17) is 0 Å². The molecule has 0 spiro atoms. The summed E-state index contributed by atoms with van der Waals surface area (Å²) in [5.41, 5.74) is 2.02. The second-order valence-corrected chi connectivity index (χ2v) is 11.1. The van der Waals surface area contributed by atoms with Gasteiger partial charge in [0.05, 0.1) is 17.3 Å². The van der Waals surface area contributed by atoms with E-state index in [1.54, 1.807) is 17.2 Å². The smallest absolute Gasteiger partial charge is 0.254 e. The van der Waals surface area contributed by atoms with E-state index < -0.39 is 11.4 Å². The van der Waals surface area contributed by atoms with Crippen molar-refractivity contribution in [3.63, 3.8) is 0 Å². The van der Waals surface area contributed by atoms with Crippen LogP contribution < -0.4 is 0 Å². The Hall–Kier alpha value is -3.10. The number of imidazole rings is 1. The fourth-order valence-corrected chi connectivity index (χ4v) is 5.74. The summed E-state index contributed by atoms with van der Waals surface area (Å²) in [4.78, 5) is 33.0. The van der Waals surface area contributed by atoms with E-state index in [1.165, 1.54) is 12.1 Å². The molecular formula is C30H39FN4O3. The molecule has 8 heteroatoms. The SMILES string of the molecule is CCN(C(=O)c1cc(F)ccc1-c1cc(C2(O)CN([C@H](CCC=O)C(C)C)C2)cn2c(C)ncc12)C(C)C. The first-order chi connectivity index (χ1) is 18.0. The number of halogens is 1. The van der Waals surface area contributed by atoms with Crippen molar-refractivity contribution in [3.8, 4) is 11.1 Å². The number of aryl methyl sites for hydroxylation is 1. The van der Waals surface area contributed by atoms with Gasteiger partial charge in [-0.1, -0.05) is 19.9 Å². The Kier molecular flexibility index (Phi) is 8.04. The fourth-order valence-electron chi connectivity index (χ4n) is 5.74. The molecule has 2 aromatic heterocycles. The van der Waals surface area contributed by atoms with Gasteiger partial charge in [0.15, 0.2) is 0 Å². The summed E-state index contributed by atoms with van der Waals surface area (Å²) in [5.74, 6) is 0.391. The van der Waals surface area contributed by atoms with Crippen molar-refractivity contribution < 1.29 is 19.1 Å². The zero-order valence-electron chi connectivity index (χ0n) is 23.2. The minimum atomic E-state index is -1.09. The van der Waals surface area contributed by atoms with Crippen LogP contribution in [0.2, 0.25) is 0 Å². The van der Waals surface area contributed by atoms with Crippen LogP contribution in [0.3, 0.4) is 0 Å². The van der Waals surface area contributed by atoms with Gasteiger partial charge in [0.1, 0.15) is 23.5 Å². The Bertz CT molecular complexity index is 1330. The van der Waals surface area contributed by atoms with Crippen LogP contribution in [0.1, 0.15) is 69.2 Å². The summed E-state index contributed by atoms with van der Waals surface area (Å²) in [5, 5.41) is 11.7. The number of aromatic nitrogens is 2. The van der Waals surface area contributed by atoms with E-state index in [2.05, 4.69) is 23.7 Å². The third-order valence-corrected chi connectivity index (χ3v) is 7.84. The predicted molar refractivity (Wildman–Crippen MR) is 147 cm³/mol. The largest absolute Gasteiger partial charge is 0.382 e. The lowest BCUT2D eigenvalue weighted by molar-refractivity contribution is -0.130. The van der Waals surface area contributed by atoms with Crippen molar-refractivity contribution in [3.05, 3.63) is 59.4 Å².